The van der Waals surface area contributed by atoms with Crippen LogP contribution < -0.4 is 5.48 Å². The molecule has 0 saturated carbocycles. The zero-order valence-electron chi connectivity index (χ0n) is 6.47. The minimum Gasteiger partial charge on any atom is -0.363 e. The molecule has 7 heteroatoms. The van der Waals surface area contributed by atoms with E-state index in [0.717, 1.165) is 0 Å². The second-order valence-corrected chi connectivity index (χ2v) is 2.46. The fraction of sp³-hybridized carbons (Fsp3) is 0.667. The quantitative estimate of drug-likeness (QED) is 0.652. The van der Waals surface area contributed by atoms with Gasteiger partial charge in [0.25, 0.3) is 0 Å². The average molecular weight is 196 g/mol. The summed E-state index contributed by atoms with van der Waals surface area (Å²) in [4.78, 5) is 17.7. The van der Waals surface area contributed by atoms with Gasteiger partial charge in [-0.2, -0.15) is 13.2 Å². The molecule has 0 bridgehead atoms. The van der Waals surface area contributed by atoms with Crippen molar-refractivity contribution >= 4 is 12.2 Å². The number of hydrogen-bond acceptors (Lipinski definition) is 4. The van der Waals surface area contributed by atoms with Crippen molar-refractivity contribution in [3.05, 3.63) is 0 Å². The zero-order chi connectivity index (χ0) is 9.90. The number of nitrogens with zero attached hydrogens (tertiary/aromatic N) is 1. The van der Waals surface area contributed by atoms with Crippen LogP contribution in [-0.2, 0) is 9.63 Å². The lowest BCUT2D eigenvalue weighted by Gasteiger charge is -2.10. The molecule has 4 nitrogen and oxygen atoms in total. The first kappa shape index (κ1) is 9.97. The Balaban J connectivity index is 2.26. The fourth-order valence-electron chi connectivity index (χ4n) is 0.766. The third-order valence-electron chi connectivity index (χ3n) is 1.39. The first-order chi connectivity index (χ1) is 6.00. The molecule has 1 rings (SSSR count). The number of halogens is 3. The molecule has 1 aliphatic rings. The molecule has 0 aromatic carbocycles. The minimum atomic E-state index is -4.96. The van der Waals surface area contributed by atoms with E-state index in [4.69, 9.17) is 0 Å². The number of aliphatic imine (C=N–C) groups is 1. The summed E-state index contributed by atoms with van der Waals surface area (Å²) in [6, 6.07) is -0.411. The number of carbonyl (C=O) groups excluding carboxylic acids is 1. The second kappa shape index (κ2) is 3.73. The van der Waals surface area contributed by atoms with Gasteiger partial charge in [-0.1, -0.05) is 0 Å². The van der Waals surface area contributed by atoms with Crippen LogP contribution in [0.1, 0.15) is 6.42 Å². The van der Waals surface area contributed by atoms with E-state index < -0.39 is 18.2 Å². The first-order valence-electron chi connectivity index (χ1n) is 3.53. The summed E-state index contributed by atoms with van der Waals surface area (Å²) >= 11 is 0. The van der Waals surface area contributed by atoms with Gasteiger partial charge in [-0.25, -0.2) is 4.79 Å². The molecule has 1 unspecified atom stereocenters. The molecule has 74 valence electrons. The molecular formula is C6H7F3N2O2. The van der Waals surface area contributed by atoms with Crippen molar-refractivity contribution in [2.24, 2.45) is 4.99 Å². The molecular weight excluding hydrogens is 189 g/mol. The highest BCUT2D eigenvalue weighted by molar-refractivity contribution is 5.75. The van der Waals surface area contributed by atoms with Crippen LogP contribution in [-0.4, -0.2) is 30.9 Å². The molecule has 0 amide bonds. The largest absolute Gasteiger partial charge is 0.492 e. The number of carbonyl (C=O) groups is 1. The Morgan fingerprint density at radius 1 is 1.62 bits per heavy atom. The number of nitrogens with one attached hydrogen (secondary N) is 1. The molecule has 1 heterocycles. The summed E-state index contributed by atoms with van der Waals surface area (Å²) in [5, 5.41) is 0. The van der Waals surface area contributed by atoms with Crippen LogP contribution in [0.4, 0.5) is 13.2 Å². The third kappa shape index (κ3) is 3.02. The van der Waals surface area contributed by atoms with Crippen LogP contribution >= 0.6 is 0 Å². The first-order valence-corrected chi connectivity index (χ1v) is 3.53. The van der Waals surface area contributed by atoms with Crippen LogP contribution in [0.2, 0.25) is 0 Å². The highest BCUT2D eigenvalue weighted by Crippen LogP contribution is 2.15. The Hall–Kier alpha value is -1.11. The molecule has 1 aliphatic heterocycles. The van der Waals surface area contributed by atoms with Crippen LogP contribution in [0.15, 0.2) is 4.99 Å². The summed E-state index contributed by atoms with van der Waals surface area (Å²) < 4.78 is 34.7. The zero-order valence-corrected chi connectivity index (χ0v) is 6.47. The van der Waals surface area contributed by atoms with E-state index in [9.17, 15) is 18.0 Å². The molecule has 0 spiro atoms. The number of hydroxylamine groups is 1. The maximum Gasteiger partial charge on any atom is 0.492 e. The molecule has 0 fully saturated rings. The average Bonchev–Trinajstić information content (AvgIpc) is 2.50. The van der Waals surface area contributed by atoms with Gasteiger partial charge < -0.3 is 4.84 Å². The van der Waals surface area contributed by atoms with E-state index >= 15 is 0 Å². The van der Waals surface area contributed by atoms with Crippen molar-refractivity contribution in [2.45, 2.75) is 18.6 Å². The number of alkyl halides is 3. The Morgan fingerprint density at radius 2 is 2.31 bits per heavy atom. The van der Waals surface area contributed by atoms with E-state index in [-0.39, 0.29) is 0 Å². The predicted octanol–water partition coefficient (Wildman–Crippen LogP) is 0.440. The van der Waals surface area contributed by atoms with Gasteiger partial charge >= 0.3 is 12.1 Å². The monoisotopic (exact) mass is 196 g/mol. The van der Waals surface area contributed by atoms with Gasteiger partial charge in [-0.05, 0) is 6.42 Å². The van der Waals surface area contributed by atoms with E-state index in [1.807, 2.05) is 5.48 Å². The lowest BCUT2D eigenvalue weighted by atomic mass is 10.3. The van der Waals surface area contributed by atoms with E-state index in [1.165, 1.54) is 6.21 Å². The van der Waals surface area contributed by atoms with E-state index in [2.05, 4.69) is 9.83 Å². The lowest BCUT2D eigenvalue weighted by molar-refractivity contribution is -0.207. The van der Waals surface area contributed by atoms with Gasteiger partial charge in [-0.3, -0.25) is 4.99 Å². The van der Waals surface area contributed by atoms with Crippen LogP contribution in [0.3, 0.4) is 0 Å². The predicted molar refractivity (Wildman–Crippen MR) is 37.0 cm³/mol. The third-order valence-corrected chi connectivity index (χ3v) is 1.39. The molecule has 0 aromatic heterocycles. The molecule has 1 atom stereocenters. The van der Waals surface area contributed by atoms with Crippen molar-refractivity contribution in [3.63, 3.8) is 0 Å². The normalized spacial score (nSPS) is 21.9. The highest BCUT2D eigenvalue weighted by Gasteiger charge is 2.41. The minimum absolute atomic E-state index is 0.411. The van der Waals surface area contributed by atoms with Crippen molar-refractivity contribution < 1.29 is 22.8 Å². The van der Waals surface area contributed by atoms with Crippen molar-refractivity contribution in [1.29, 1.82) is 0 Å². The van der Waals surface area contributed by atoms with E-state index in [1.54, 1.807) is 0 Å². The summed E-state index contributed by atoms with van der Waals surface area (Å²) in [7, 11) is 0. The van der Waals surface area contributed by atoms with Gasteiger partial charge in [0.2, 0.25) is 0 Å². The summed E-state index contributed by atoms with van der Waals surface area (Å²) in [6.45, 7) is 0.529. The Kier molecular flexibility index (Phi) is 2.86. The number of hydrogen-bond donors (Lipinski definition) is 1. The summed E-state index contributed by atoms with van der Waals surface area (Å²) in [5.41, 5.74) is 1.97. The van der Waals surface area contributed by atoms with Gasteiger partial charge in [-0.15, -0.1) is 5.48 Å². The van der Waals surface area contributed by atoms with Crippen molar-refractivity contribution in [1.82, 2.24) is 5.48 Å². The van der Waals surface area contributed by atoms with Crippen molar-refractivity contribution in [3.8, 4) is 0 Å². The topological polar surface area (TPSA) is 50.7 Å². The Morgan fingerprint density at radius 3 is 2.77 bits per heavy atom. The smallest absolute Gasteiger partial charge is 0.363 e. The Labute approximate surface area is 71.7 Å². The van der Waals surface area contributed by atoms with Crippen LogP contribution in [0.5, 0.6) is 0 Å². The lowest BCUT2D eigenvalue weighted by Crippen LogP contribution is -2.36. The summed E-state index contributed by atoms with van der Waals surface area (Å²) in [5.74, 6) is -2.24. The second-order valence-electron chi connectivity index (χ2n) is 2.46. The summed E-state index contributed by atoms with van der Waals surface area (Å²) in [6.07, 6.45) is -3.02. The molecule has 0 radical (unpaired) electrons. The molecule has 1 N–H and O–H groups in total. The van der Waals surface area contributed by atoms with Crippen LogP contribution in [0.25, 0.3) is 0 Å². The molecule has 13 heavy (non-hydrogen) atoms. The molecule has 0 saturated heterocycles. The van der Waals surface area contributed by atoms with Gasteiger partial charge in [0, 0.05) is 12.8 Å². The van der Waals surface area contributed by atoms with Gasteiger partial charge in [0.1, 0.15) is 0 Å². The molecule has 0 aliphatic carbocycles. The maximum absolute atomic E-state index is 11.6. The maximum atomic E-state index is 11.6. The van der Waals surface area contributed by atoms with Gasteiger partial charge in [0.05, 0.1) is 6.04 Å². The molecule has 0 aromatic rings. The van der Waals surface area contributed by atoms with E-state index in [0.29, 0.717) is 13.0 Å². The van der Waals surface area contributed by atoms with Crippen LogP contribution in [0, 0.1) is 0 Å². The fourth-order valence-corrected chi connectivity index (χ4v) is 0.766. The Bertz CT molecular complexity index is 226. The highest BCUT2D eigenvalue weighted by atomic mass is 19.4. The SMILES string of the molecule is O=C(ONC1C=NCC1)C(F)(F)F. The number of rotatable bonds is 2. The standard InChI is InChI=1S/C6H7F3N2O2/c7-6(8,9)5(12)13-11-4-1-2-10-3-4/h3-4,11H,1-2H2. The van der Waals surface area contributed by atoms with Gasteiger partial charge in [0.15, 0.2) is 0 Å². The van der Waals surface area contributed by atoms with Crippen molar-refractivity contribution in [2.75, 3.05) is 6.54 Å².